The van der Waals surface area contributed by atoms with Gasteiger partial charge in [-0.3, -0.25) is 9.59 Å². The Morgan fingerprint density at radius 2 is 1.92 bits per heavy atom. The Bertz CT molecular complexity index is 752. The number of hydrogen-bond acceptors (Lipinski definition) is 4. The number of aryl methyl sites for hydroxylation is 2. The molecule has 0 saturated heterocycles. The van der Waals surface area contributed by atoms with E-state index in [1.165, 1.54) is 23.8 Å². The summed E-state index contributed by atoms with van der Waals surface area (Å²) >= 11 is 1.38. The summed E-state index contributed by atoms with van der Waals surface area (Å²) in [4.78, 5) is 28.2. The van der Waals surface area contributed by atoms with Crippen molar-refractivity contribution in [3.63, 3.8) is 0 Å². The molecule has 0 radical (unpaired) electrons. The van der Waals surface area contributed by atoms with Crippen LogP contribution in [0.4, 0.5) is 5.13 Å². The predicted molar refractivity (Wildman–Crippen MR) is 98.1 cm³/mol. The number of thiazole rings is 1. The van der Waals surface area contributed by atoms with Gasteiger partial charge >= 0.3 is 0 Å². The molecule has 0 aliphatic rings. The zero-order valence-electron chi connectivity index (χ0n) is 14.6. The van der Waals surface area contributed by atoms with Crippen LogP contribution in [0.15, 0.2) is 23.6 Å². The molecular weight excluding hydrogens is 322 g/mol. The molecule has 1 atom stereocenters. The van der Waals surface area contributed by atoms with Crippen molar-refractivity contribution in [2.45, 2.75) is 40.7 Å². The SMILES string of the molecule is CC(=O)NC(C(=O)Nc1nc(-c2cc(C)ccc2C)cs1)C(C)C. The van der Waals surface area contributed by atoms with Gasteiger partial charge in [-0.15, -0.1) is 11.3 Å². The largest absolute Gasteiger partial charge is 0.344 e. The molecule has 1 unspecified atom stereocenters. The van der Waals surface area contributed by atoms with E-state index in [1.54, 1.807) is 0 Å². The minimum atomic E-state index is -0.574. The van der Waals surface area contributed by atoms with E-state index in [2.05, 4.69) is 33.8 Å². The molecule has 0 aliphatic heterocycles. The first-order chi connectivity index (χ1) is 11.3. The van der Waals surface area contributed by atoms with Gasteiger partial charge in [0.1, 0.15) is 6.04 Å². The van der Waals surface area contributed by atoms with Gasteiger partial charge in [0.05, 0.1) is 5.69 Å². The summed E-state index contributed by atoms with van der Waals surface area (Å²) in [5, 5.41) is 7.95. The lowest BCUT2D eigenvalue weighted by molar-refractivity contribution is -0.126. The van der Waals surface area contributed by atoms with Crippen molar-refractivity contribution in [2.24, 2.45) is 5.92 Å². The fourth-order valence-electron chi connectivity index (χ4n) is 2.40. The van der Waals surface area contributed by atoms with Crippen molar-refractivity contribution >= 4 is 28.3 Å². The van der Waals surface area contributed by atoms with Crippen LogP contribution >= 0.6 is 11.3 Å². The Kier molecular flexibility index (Phi) is 5.72. The van der Waals surface area contributed by atoms with Gasteiger partial charge in [0.15, 0.2) is 5.13 Å². The van der Waals surface area contributed by atoms with Crippen molar-refractivity contribution in [2.75, 3.05) is 5.32 Å². The van der Waals surface area contributed by atoms with Gasteiger partial charge in [-0.05, 0) is 31.4 Å². The highest BCUT2D eigenvalue weighted by Crippen LogP contribution is 2.28. The van der Waals surface area contributed by atoms with Crippen molar-refractivity contribution in [3.05, 3.63) is 34.7 Å². The first kappa shape index (κ1) is 18.1. The predicted octanol–water partition coefficient (Wildman–Crippen LogP) is 3.53. The summed E-state index contributed by atoms with van der Waals surface area (Å²) in [6, 6.07) is 5.64. The average molecular weight is 345 g/mol. The highest BCUT2D eigenvalue weighted by Gasteiger charge is 2.24. The molecule has 5 nitrogen and oxygen atoms in total. The number of anilines is 1. The molecule has 6 heteroatoms. The maximum Gasteiger partial charge on any atom is 0.248 e. The average Bonchev–Trinajstić information content (AvgIpc) is 2.95. The van der Waals surface area contributed by atoms with E-state index in [9.17, 15) is 9.59 Å². The number of carbonyl (C=O) groups is 2. The fraction of sp³-hybridized carbons (Fsp3) is 0.389. The Hall–Kier alpha value is -2.21. The molecular formula is C18H23N3O2S. The zero-order valence-corrected chi connectivity index (χ0v) is 15.5. The number of aromatic nitrogens is 1. The Labute approximate surface area is 146 Å². The van der Waals surface area contributed by atoms with E-state index >= 15 is 0 Å². The number of nitrogens with one attached hydrogen (secondary N) is 2. The molecule has 128 valence electrons. The highest BCUT2D eigenvalue weighted by atomic mass is 32.1. The topological polar surface area (TPSA) is 71.1 Å². The molecule has 0 bridgehead atoms. The third-order valence-electron chi connectivity index (χ3n) is 3.71. The molecule has 2 rings (SSSR count). The van der Waals surface area contributed by atoms with Gasteiger partial charge in [0.2, 0.25) is 11.8 Å². The molecule has 1 aromatic carbocycles. The minimum absolute atomic E-state index is 0.00708. The molecule has 24 heavy (non-hydrogen) atoms. The molecule has 2 aromatic rings. The smallest absolute Gasteiger partial charge is 0.248 e. The summed E-state index contributed by atoms with van der Waals surface area (Å²) in [7, 11) is 0. The van der Waals surface area contributed by atoms with Crippen LogP contribution in [0.3, 0.4) is 0 Å². The van der Waals surface area contributed by atoms with Crippen molar-refractivity contribution < 1.29 is 9.59 Å². The van der Waals surface area contributed by atoms with E-state index < -0.39 is 6.04 Å². The zero-order chi connectivity index (χ0) is 17.9. The second kappa shape index (κ2) is 7.57. The number of carbonyl (C=O) groups excluding carboxylic acids is 2. The fourth-order valence-corrected chi connectivity index (χ4v) is 3.12. The summed E-state index contributed by atoms with van der Waals surface area (Å²) < 4.78 is 0. The minimum Gasteiger partial charge on any atom is -0.344 e. The molecule has 1 heterocycles. The van der Waals surface area contributed by atoms with Gasteiger partial charge in [-0.25, -0.2) is 4.98 Å². The van der Waals surface area contributed by atoms with Crippen molar-refractivity contribution in [3.8, 4) is 11.3 Å². The first-order valence-corrected chi connectivity index (χ1v) is 8.77. The second-order valence-corrected chi connectivity index (χ2v) is 7.13. The van der Waals surface area contributed by atoms with Crippen molar-refractivity contribution in [1.82, 2.24) is 10.3 Å². The lowest BCUT2D eigenvalue weighted by Gasteiger charge is -2.20. The maximum atomic E-state index is 12.4. The molecule has 2 N–H and O–H groups in total. The monoisotopic (exact) mass is 345 g/mol. The Morgan fingerprint density at radius 3 is 2.54 bits per heavy atom. The van der Waals surface area contributed by atoms with Crippen LogP contribution in [0.2, 0.25) is 0 Å². The summed E-state index contributed by atoms with van der Waals surface area (Å²) in [5.74, 6) is -0.478. The number of benzene rings is 1. The molecule has 2 amide bonds. The van der Waals surface area contributed by atoms with E-state index in [4.69, 9.17) is 0 Å². The highest BCUT2D eigenvalue weighted by molar-refractivity contribution is 7.14. The number of amides is 2. The Balaban J connectivity index is 2.17. The van der Waals surface area contributed by atoms with E-state index in [0.717, 1.165) is 16.8 Å². The maximum absolute atomic E-state index is 12.4. The normalized spacial score (nSPS) is 12.1. The van der Waals surface area contributed by atoms with Crippen LogP contribution in [0.1, 0.15) is 31.9 Å². The van der Waals surface area contributed by atoms with Gasteiger partial charge in [-0.1, -0.05) is 31.5 Å². The van der Waals surface area contributed by atoms with E-state index in [0.29, 0.717) is 5.13 Å². The van der Waals surface area contributed by atoms with Gasteiger partial charge in [0.25, 0.3) is 0 Å². The van der Waals surface area contributed by atoms with Gasteiger partial charge in [0, 0.05) is 17.9 Å². The van der Waals surface area contributed by atoms with Crippen LogP contribution in [0.5, 0.6) is 0 Å². The van der Waals surface area contributed by atoms with Crippen molar-refractivity contribution in [1.29, 1.82) is 0 Å². The molecule has 0 fully saturated rings. The van der Waals surface area contributed by atoms with Gasteiger partial charge < -0.3 is 10.6 Å². The van der Waals surface area contributed by atoms with Crippen LogP contribution < -0.4 is 10.6 Å². The molecule has 0 saturated carbocycles. The van der Waals surface area contributed by atoms with Crippen LogP contribution in [-0.4, -0.2) is 22.8 Å². The third-order valence-corrected chi connectivity index (χ3v) is 4.47. The van der Waals surface area contributed by atoms with Crippen LogP contribution in [-0.2, 0) is 9.59 Å². The molecule has 1 aromatic heterocycles. The quantitative estimate of drug-likeness (QED) is 0.871. The van der Waals surface area contributed by atoms with Gasteiger partial charge in [-0.2, -0.15) is 0 Å². The number of rotatable bonds is 5. The van der Waals surface area contributed by atoms with Crippen LogP contribution in [0.25, 0.3) is 11.3 Å². The molecule has 0 spiro atoms. The lowest BCUT2D eigenvalue weighted by Crippen LogP contribution is -2.46. The number of hydrogen-bond donors (Lipinski definition) is 2. The lowest BCUT2D eigenvalue weighted by atomic mass is 10.0. The second-order valence-electron chi connectivity index (χ2n) is 6.27. The summed E-state index contributed by atoms with van der Waals surface area (Å²) in [6.07, 6.45) is 0. The summed E-state index contributed by atoms with van der Waals surface area (Å²) in [5.41, 5.74) is 4.22. The van der Waals surface area contributed by atoms with Crippen LogP contribution in [0, 0.1) is 19.8 Å². The summed E-state index contributed by atoms with van der Waals surface area (Å²) in [6.45, 7) is 9.27. The standard InChI is InChI=1S/C18H23N3O2S/c1-10(2)16(19-13(5)22)17(23)21-18-20-15(9-24-18)14-8-11(3)6-7-12(14)4/h6-10,16H,1-5H3,(H,19,22)(H,20,21,23). The number of nitrogens with zero attached hydrogens (tertiary/aromatic N) is 1. The Morgan fingerprint density at radius 1 is 1.21 bits per heavy atom. The van der Waals surface area contributed by atoms with E-state index in [-0.39, 0.29) is 17.7 Å². The molecule has 0 aliphatic carbocycles. The third kappa shape index (κ3) is 4.41. The van der Waals surface area contributed by atoms with E-state index in [1.807, 2.05) is 33.1 Å². The first-order valence-electron chi connectivity index (χ1n) is 7.89.